The number of carbonyl (C=O) groups excluding carboxylic acids is 6. The number of methoxy groups -OCH3 is 3. The van der Waals surface area contributed by atoms with E-state index in [1.807, 2.05) is 51.2 Å². The number of aliphatic hydroxyl groups is 4. The Balaban J connectivity index is 1.67. The summed E-state index contributed by atoms with van der Waals surface area (Å²) < 4.78 is 35.3. The molecule has 0 aromatic heterocycles. The van der Waals surface area contributed by atoms with Crippen molar-refractivity contribution in [1.29, 1.82) is 0 Å². The van der Waals surface area contributed by atoms with Crippen LogP contribution in [0.25, 0.3) is 0 Å². The Morgan fingerprint density at radius 3 is 2.22 bits per heavy atom. The van der Waals surface area contributed by atoms with Crippen molar-refractivity contribution in [2.45, 2.75) is 180 Å². The summed E-state index contributed by atoms with van der Waals surface area (Å²) in [4.78, 5) is 85.0. The number of hydrogen-bond acceptors (Lipinski definition) is 16. The molecule has 17 nitrogen and oxygen atoms in total. The van der Waals surface area contributed by atoms with Crippen LogP contribution in [0.1, 0.15) is 126 Å². The van der Waals surface area contributed by atoms with Crippen LogP contribution in [0.15, 0.2) is 48.1 Å². The van der Waals surface area contributed by atoms with Crippen LogP contribution in [0.2, 0.25) is 0 Å². The van der Waals surface area contributed by atoms with Crippen LogP contribution in [0, 0.1) is 40.9 Å². The molecular formula is C55H85NO16. The Bertz CT molecular complexity index is 1960. The molecule has 3 aliphatic heterocycles. The van der Waals surface area contributed by atoms with Crippen LogP contribution in [0.4, 0.5) is 0 Å². The minimum Gasteiger partial charge on any atom is -0.460 e. The SMILES string of the molecule is CO[C@H]1C[C@@H]2CC[C@@H](C)[C@@](O)(O2)C(=O)C(=O)N2CCCC[C@H]2C(=O)O[C@H]([C@H](C)C[C@@H]2CC[C@@H](OC(=O)C(C)(CO)CO)[C@H](OC)C2)CC(=O)[C@H](C)/C=C/[C@@H](O)[C@@H](OC)C(=O)[C@H](C)C[C@H](C)/C=C/C=CC=C1C. The molecule has 4 aliphatic rings. The summed E-state index contributed by atoms with van der Waals surface area (Å²) in [5.74, 6) is -9.36. The predicted molar refractivity (Wildman–Crippen MR) is 267 cm³/mol. The van der Waals surface area contributed by atoms with Gasteiger partial charge in [-0.15, -0.1) is 0 Å². The second-order valence-electron chi connectivity index (χ2n) is 21.4. The van der Waals surface area contributed by atoms with Gasteiger partial charge in [-0.25, -0.2) is 4.79 Å². The van der Waals surface area contributed by atoms with Crippen molar-refractivity contribution < 1.29 is 77.6 Å². The van der Waals surface area contributed by atoms with Gasteiger partial charge in [0.25, 0.3) is 11.7 Å². The zero-order valence-electron chi connectivity index (χ0n) is 44.4. The normalized spacial score (nSPS) is 36.2. The lowest BCUT2D eigenvalue weighted by Crippen LogP contribution is -2.61. The number of amides is 1. The quantitative estimate of drug-likeness (QED) is 0.123. The lowest BCUT2D eigenvalue weighted by molar-refractivity contribution is -0.265. The Morgan fingerprint density at radius 2 is 1.57 bits per heavy atom. The lowest BCUT2D eigenvalue weighted by atomic mass is 9.78. The van der Waals surface area contributed by atoms with E-state index in [9.17, 15) is 49.2 Å². The van der Waals surface area contributed by atoms with Gasteiger partial charge in [-0.3, -0.25) is 24.0 Å². The van der Waals surface area contributed by atoms with Crippen molar-refractivity contribution in [3.8, 4) is 0 Å². The highest BCUT2D eigenvalue weighted by Crippen LogP contribution is 2.38. The third-order valence-corrected chi connectivity index (χ3v) is 15.5. The first kappa shape index (κ1) is 60.6. The number of hydrogen-bond donors (Lipinski definition) is 4. The Morgan fingerprint density at radius 1 is 0.861 bits per heavy atom. The maximum Gasteiger partial charge on any atom is 0.329 e. The zero-order chi connectivity index (χ0) is 53.5. The van der Waals surface area contributed by atoms with E-state index in [1.54, 1.807) is 27.9 Å². The lowest BCUT2D eigenvalue weighted by Gasteiger charge is -2.42. The number of esters is 2. The molecule has 0 aromatic rings. The molecule has 3 fully saturated rings. The van der Waals surface area contributed by atoms with E-state index in [2.05, 4.69) is 0 Å². The minimum absolute atomic E-state index is 0.00335. The Kier molecular flexibility index (Phi) is 23.7. The predicted octanol–water partition coefficient (Wildman–Crippen LogP) is 5.33. The maximum absolute atomic E-state index is 14.5. The summed E-state index contributed by atoms with van der Waals surface area (Å²) in [5, 5.41) is 42.7. The molecule has 15 atom stereocenters. The number of allylic oxidation sites excluding steroid dienone is 6. The van der Waals surface area contributed by atoms with Gasteiger partial charge in [-0.2, -0.15) is 0 Å². The average Bonchev–Trinajstić information content (AvgIpc) is 3.37. The number of carbonyl (C=O) groups is 6. The number of nitrogens with zero attached hydrogens (tertiary/aromatic N) is 1. The number of cyclic esters (lactones) is 1. The smallest absolute Gasteiger partial charge is 0.329 e. The molecule has 0 spiro atoms. The van der Waals surface area contributed by atoms with Gasteiger partial charge in [0, 0.05) is 58.5 Å². The Hall–Kier alpha value is -3.94. The number of rotatable bonds is 10. The van der Waals surface area contributed by atoms with Gasteiger partial charge in [0.15, 0.2) is 5.78 Å². The summed E-state index contributed by atoms with van der Waals surface area (Å²) in [6.07, 6.45) is 11.0. The van der Waals surface area contributed by atoms with Gasteiger partial charge in [-0.1, -0.05) is 77.2 Å². The standard InChI is InChI=1S/C55H85NO16/c1-33-16-12-11-13-17-35(3)45(67-8)29-40-22-20-38(6)55(66,72-40)50(62)51(63)56-25-15-14-18-41(56)52(64)70-46(30-43(60)34(2)19-23-42(59)49(69-10)48(61)37(5)26-33)36(4)27-39-21-24-44(47(28-39)68-9)71-53(65)54(7,31-57)32-58/h11-13,16-17,19,23,33-34,36-42,44-47,49,57-59,66H,14-15,18,20-22,24-32H2,1-10H3/b13-11?,16-12+,23-19+,35-17?/t33-,34-,36-,37-,38-,39+,40+,41+,42-,44-,45+,46+,47-,49-,55-/m1/s1. The van der Waals surface area contributed by atoms with Gasteiger partial charge in [-0.05, 0) is 101 Å². The summed E-state index contributed by atoms with van der Waals surface area (Å²) >= 11 is 0. The highest BCUT2D eigenvalue weighted by atomic mass is 16.6. The van der Waals surface area contributed by atoms with Crippen molar-refractivity contribution in [1.82, 2.24) is 4.90 Å². The van der Waals surface area contributed by atoms with Crippen LogP contribution in [-0.2, 0) is 57.2 Å². The number of fused-ring (bicyclic) bond motifs is 3. The molecule has 17 heteroatoms. The monoisotopic (exact) mass is 1020 g/mol. The van der Waals surface area contributed by atoms with Crippen LogP contribution >= 0.6 is 0 Å². The van der Waals surface area contributed by atoms with Crippen molar-refractivity contribution in [2.75, 3.05) is 41.1 Å². The molecule has 4 N–H and O–H groups in total. The average molecular weight is 1020 g/mol. The summed E-state index contributed by atoms with van der Waals surface area (Å²) in [6.45, 7) is 11.1. The molecule has 4 rings (SSSR count). The fourth-order valence-electron chi connectivity index (χ4n) is 10.4. The van der Waals surface area contributed by atoms with Gasteiger partial charge in [0.1, 0.15) is 41.7 Å². The van der Waals surface area contributed by atoms with E-state index in [1.165, 1.54) is 33.3 Å². The second-order valence-corrected chi connectivity index (χ2v) is 21.4. The van der Waals surface area contributed by atoms with Gasteiger partial charge in [0.05, 0.1) is 31.5 Å². The zero-order valence-corrected chi connectivity index (χ0v) is 44.4. The largest absolute Gasteiger partial charge is 0.460 e. The fourth-order valence-corrected chi connectivity index (χ4v) is 10.4. The van der Waals surface area contributed by atoms with E-state index >= 15 is 0 Å². The highest BCUT2D eigenvalue weighted by Gasteiger charge is 2.53. The van der Waals surface area contributed by atoms with E-state index in [4.69, 9.17) is 28.4 Å². The highest BCUT2D eigenvalue weighted by molar-refractivity contribution is 6.39. The van der Waals surface area contributed by atoms with Crippen LogP contribution in [0.5, 0.6) is 0 Å². The molecule has 406 valence electrons. The number of ether oxygens (including phenoxy) is 6. The summed E-state index contributed by atoms with van der Waals surface area (Å²) in [6, 6.07) is -1.20. The first-order valence-electron chi connectivity index (χ1n) is 26.0. The molecule has 1 amide bonds. The third-order valence-electron chi connectivity index (χ3n) is 15.5. The van der Waals surface area contributed by atoms with Crippen molar-refractivity contribution >= 4 is 35.2 Å². The van der Waals surface area contributed by atoms with E-state index in [-0.39, 0.29) is 42.8 Å². The molecule has 2 bridgehead atoms. The fraction of sp³-hybridized carbons (Fsp3) is 0.745. The molecule has 1 aliphatic carbocycles. The molecule has 0 radical (unpaired) electrons. The third kappa shape index (κ3) is 15.8. The van der Waals surface area contributed by atoms with Gasteiger partial charge in [0.2, 0.25) is 5.79 Å². The molecule has 1 saturated carbocycles. The number of Topliss-reactive ketones (excluding diaryl/α,β-unsaturated/α-hetero) is 3. The molecule has 0 unspecified atom stereocenters. The van der Waals surface area contributed by atoms with Crippen molar-refractivity contribution in [3.63, 3.8) is 0 Å². The van der Waals surface area contributed by atoms with Gasteiger partial charge < -0.3 is 53.7 Å². The van der Waals surface area contributed by atoms with Crippen molar-refractivity contribution in [2.24, 2.45) is 40.9 Å². The Labute approximate surface area is 426 Å². The second kappa shape index (κ2) is 28.1. The first-order chi connectivity index (χ1) is 34.1. The molecular weight excluding hydrogens is 931 g/mol. The van der Waals surface area contributed by atoms with Crippen LogP contribution in [0.3, 0.4) is 0 Å². The van der Waals surface area contributed by atoms with Crippen LogP contribution in [-0.4, -0.2) is 156 Å². The number of ketones is 3. The summed E-state index contributed by atoms with van der Waals surface area (Å²) in [5.41, 5.74) is -0.626. The number of piperidine rings is 1. The molecule has 72 heavy (non-hydrogen) atoms. The van der Waals surface area contributed by atoms with E-state index < -0.39 is 120 Å². The maximum atomic E-state index is 14.5. The minimum atomic E-state index is -2.47. The molecule has 2 saturated heterocycles. The van der Waals surface area contributed by atoms with E-state index in [0.717, 1.165) is 10.5 Å². The van der Waals surface area contributed by atoms with E-state index in [0.29, 0.717) is 64.2 Å². The number of aliphatic hydroxyl groups excluding tert-OH is 3. The topological polar surface area (TPSA) is 242 Å². The van der Waals surface area contributed by atoms with Crippen LogP contribution < -0.4 is 0 Å². The first-order valence-corrected chi connectivity index (χ1v) is 26.0. The van der Waals surface area contributed by atoms with Crippen molar-refractivity contribution in [3.05, 3.63) is 48.1 Å². The summed E-state index contributed by atoms with van der Waals surface area (Å²) in [7, 11) is 4.41. The molecule has 0 aromatic carbocycles. The molecule has 3 heterocycles. The van der Waals surface area contributed by atoms with Gasteiger partial charge >= 0.3 is 11.9 Å².